The molecule has 1 aromatic rings. The van der Waals surface area contributed by atoms with Crippen LogP contribution in [-0.2, 0) is 11.2 Å². The molecule has 19 heavy (non-hydrogen) atoms. The molecular weight excluding hydrogens is 309 g/mol. The molecule has 0 spiro atoms. The molecule has 1 aliphatic heterocycles. The van der Waals surface area contributed by atoms with Gasteiger partial charge < -0.3 is 10.1 Å². The molecule has 1 fully saturated rings. The Morgan fingerprint density at radius 3 is 3.05 bits per heavy atom. The van der Waals surface area contributed by atoms with E-state index >= 15 is 0 Å². The average Bonchev–Trinajstić information content (AvgIpc) is 2.87. The first-order chi connectivity index (χ1) is 9.19. The number of hydrogen-bond acceptors (Lipinski definition) is 2. The number of rotatable bonds is 6. The molecule has 2 unspecified atom stereocenters. The van der Waals surface area contributed by atoms with Gasteiger partial charge in [-0.25, -0.2) is 4.39 Å². The summed E-state index contributed by atoms with van der Waals surface area (Å²) in [6, 6.07) is 5.21. The highest BCUT2D eigenvalue weighted by atomic mass is 79.9. The predicted molar refractivity (Wildman–Crippen MR) is 78.9 cm³/mol. The van der Waals surface area contributed by atoms with Crippen LogP contribution in [0.3, 0.4) is 0 Å². The van der Waals surface area contributed by atoms with Gasteiger partial charge in [0.05, 0.1) is 6.10 Å². The molecule has 1 heterocycles. The molecule has 2 rings (SSSR count). The van der Waals surface area contributed by atoms with Gasteiger partial charge in [0.15, 0.2) is 0 Å². The summed E-state index contributed by atoms with van der Waals surface area (Å²) in [4.78, 5) is 0. The van der Waals surface area contributed by atoms with Gasteiger partial charge in [-0.2, -0.15) is 0 Å². The van der Waals surface area contributed by atoms with Gasteiger partial charge in [-0.15, -0.1) is 0 Å². The molecule has 2 nitrogen and oxygen atoms in total. The van der Waals surface area contributed by atoms with E-state index in [0.717, 1.165) is 48.9 Å². The second-order valence-corrected chi connectivity index (χ2v) is 5.92. The van der Waals surface area contributed by atoms with E-state index in [9.17, 15) is 4.39 Å². The largest absolute Gasteiger partial charge is 0.378 e. The Morgan fingerprint density at radius 1 is 1.53 bits per heavy atom. The van der Waals surface area contributed by atoms with Crippen LogP contribution in [0.1, 0.15) is 31.7 Å². The van der Waals surface area contributed by atoms with Crippen molar-refractivity contribution in [2.24, 2.45) is 0 Å². The summed E-state index contributed by atoms with van der Waals surface area (Å²) >= 11 is 3.50. The van der Waals surface area contributed by atoms with Crippen molar-refractivity contribution in [2.75, 3.05) is 13.2 Å². The number of ether oxygens (including phenoxy) is 1. The highest BCUT2D eigenvalue weighted by Crippen LogP contribution is 2.23. The first kappa shape index (κ1) is 14.9. The maximum Gasteiger partial charge on any atom is 0.123 e. The van der Waals surface area contributed by atoms with Crippen LogP contribution in [-0.4, -0.2) is 25.3 Å². The minimum atomic E-state index is -0.175. The van der Waals surface area contributed by atoms with Crippen LogP contribution in [0, 0.1) is 5.82 Å². The minimum Gasteiger partial charge on any atom is -0.378 e. The zero-order valence-corrected chi connectivity index (χ0v) is 12.9. The topological polar surface area (TPSA) is 21.3 Å². The van der Waals surface area contributed by atoms with Crippen molar-refractivity contribution in [3.05, 3.63) is 34.1 Å². The molecule has 0 saturated carbocycles. The Kier molecular flexibility index (Phi) is 5.79. The number of nitrogens with one attached hydrogen (secondary N) is 1. The first-order valence-electron chi connectivity index (χ1n) is 6.98. The quantitative estimate of drug-likeness (QED) is 0.859. The number of likely N-dealkylation sites (N-methyl/N-ethyl adjacent to an activating group) is 1. The molecule has 1 saturated heterocycles. The highest BCUT2D eigenvalue weighted by molar-refractivity contribution is 9.10. The van der Waals surface area contributed by atoms with E-state index in [1.54, 1.807) is 12.1 Å². The van der Waals surface area contributed by atoms with Crippen molar-refractivity contribution in [1.29, 1.82) is 0 Å². The van der Waals surface area contributed by atoms with Gasteiger partial charge >= 0.3 is 0 Å². The predicted octanol–water partition coefficient (Wildman–Crippen LogP) is 3.68. The normalized spacial score (nSPS) is 20.7. The molecule has 1 aliphatic rings. The van der Waals surface area contributed by atoms with Gasteiger partial charge in [0, 0.05) is 17.1 Å². The lowest BCUT2D eigenvalue weighted by Crippen LogP contribution is -2.34. The Labute approximate surface area is 122 Å². The lowest BCUT2D eigenvalue weighted by Gasteiger charge is -2.22. The number of hydrogen-bond donors (Lipinski definition) is 1. The summed E-state index contributed by atoms with van der Waals surface area (Å²) < 4.78 is 20.0. The molecule has 2 atom stereocenters. The average molecular weight is 330 g/mol. The fourth-order valence-electron chi connectivity index (χ4n) is 2.64. The van der Waals surface area contributed by atoms with Gasteiger partial charge in [0.2, 0.25) is 0 Å². The number of halogens is 2. The monoisotopic (exact) mass is 329 g/mol. The molecule has 1 N–H and O–H groups in total. The van der Waals surface area contributed by atoms with Crippen molar-refractivity contribution in [1.82, 2.24) is 5.32 Å². The summed E-state index contributed by atoms with van der Waals surface area (Å²) in [5.74, 6) is -0.175. The van der Waals surface area contributed by atoms with Gasteiger partial charge in [-0.1, -0.05) is 22.9 Å². The zero-order chi connectivity index (χ0) is 13.7. The third-order valence-corrected chi connectivity index (χ3v) is 4.31. The molecule has 0 aromatic heterocycles. The van der Waals surface area contributed by atoms with E-state index < -0.39 is 0 Å². The summed E-state index contributed by atoms with van der Waals surface area (Å²) in [7, 11) is 0. The van der Waals surface area contributed by atoms with Crippen LogP contribution in [0.25, 0.3) is 0 Å². The lowest BCUT2D eigenvalue weighted by atomic mass is 9.99. The van der Waals surface area contributed by atoms with E-state index in [-0.39, 0.29) is 5.82 Å². The van der Waals surface area contributed by atoms with Crippen molar-refractivity contribution in [3.8, 4) is 0 Å². The number of benzene rings is 1. The molecule has 106 valence electrons. The smallest absolute Gasteiger partial charge is 0.123 e. The van der Waals surface area contributed by atoms with Crippen LogP contribution >= 0.6 is 15.9 Å². The molecule has 4 heteroatoms. The molecule has 0 bridgehead atoms. The van der Waals surface area contributed by atoms with E-state index in [4.69, 9.17) is 4.74 Å². The van der Waals surface area contributed by atoms with Gasteiger partial charge in [-0.3, -0.25) is 0 Å². The molecule has 0 radical (unpaired) electrons. The van der Waals surface area contributed by atoms with Crippen LogP contribution in [0.4, 0.5) is 4.39 Å². The van der Waals surface area contributed by atoms with Crippen LogP contribution in [0.15, 0.2) is 22.7 Å². The standard InChI is InChI=1S/C15H21BrFNO/c1-2-18-13(10-14-4-3-7-19-14)9-11-8-12(17)5-6-15(11)16/h5-6,8,13-14,18H,2-4,7,9-10H2,1H3. The second kappa shape index (κ2) is 7.36. The molecule has 0 aliphatic carbocycles. The summed E-state index contributed by atoms with van der Waals surface area (Å²) in [5, 5.41) is 3.48. The summed E-state index contributed by atoms with van der Waals surface area (Å²) in [6.07, 6.45) is 4.48. The second-order valence-electron chi connectivity index (χ2n) is 5.07. The van der Waals surface area contributed by atoms with E-state index in [2.05, 4.69) is 28.2 Å². The van der Waals surface area contributed by atoms with Gasteiger partial charge in [0.1, 0.15) is 5.82 Å². The van der Waals surface area contributed by atoms with E-state index in [0.29, 0.717) is 12.1 Å². The van der Waals surface area contributed by atoms with Crippen molar-refractivity contribution in [3.63, 3.8) is 0 Å². The Morgan fingerprint density at radius 2 is 2.37 bits per heavy atom. The van der Waals surface area contributed by atoms with Crippen molar-refractivity contribution >= 4 is 15.9 Å². The Hall–Kier alpha value is -0.450. The van der Waals surface area contributed by atoms with Gasteiger partial charge in [0.25, 0.3) is 0 Å². The Balaban J connectivity index is 2.00. The Bertz CT molecular complexity index is 407. The molecule has 0 amide bonds. The lowest BCUT2D eigenvalue weighted by molar-refractivity contribution is 0.0947. The fraction of sp³-hybridized carbons (Fsp3) is 0.600. The summed E-state index contributed by atoms with van der Waals surface area (Å²) in [6.45, 7) is 3.90. The van der Waals surface area contributed by atoms with Crippen molar-refractivity contribution in [2.45, 2.75) is 44.8 Å². The van der Waals surface area contributed by atoms with Crippen LogP contribution in [0.5, 0.6) is 0 Å². The SMILES string of the molecule is CCNC(Cc1cc(F)ccc1Br)CC1CCCO1. The molecule has 1 aromatic carbocycles. The molecular formula is C15H21BrFNO. The van der Waals surface area contributed by atoms with Crippen molar-refractivity contribution < 1.29 is 9.13 Å². The highest BCUT2D eigenvalue weighted by Gasteiger charge is 2.21. The third-order valence-electron chi connectivity index (χ3n) is 3.54. The summed E-state index contributed by atoms with van der Waals surface area (Å²) in [5.41, 5.74) is 1.02. The fourth-order valence-corrected chi connectivity index (χ4v) is 3.05. The maximum absolute atomic E-state index is 13.3. The zero-order valence-electron chi connectivity index (χ0n) is 11.3. The maximum atomic E-state index is 13.3. The first-order valence-corrected chi connectivity index (χ1v) is 7.77. The minimum absolute atomic E-state index is 0.175. The van der Waals surface area contributed by atoms with Crippen LogP contribution in [0.2, 0.25) is 0 Å². The van der Waals surface area contributed by atoms with Crippen LogP contribution < -0.4 is 5.32 Å². The van der Waals surface area contributed by atoms with E-state index in [1.807, 2.05) is 0 Å². The van der Waals surface area contributed by atoms with Gasteiger partial charge in [-0.05, 0) is 56.0 Å². The third kappa shape index (κ3) is 4.55. The van der Waals surface area contributed by atoms with E-state index in [1.165, 1.54) is 6.07 Å².